The molecule has 14 heteroatoms. The summed E-state index contributed by atoms with van der Waals surface area (Å²) in [6.45, 7) is 0.248. The molecule has 0 atom stereocenters. The molecule has 4 aromatic rings. The molecule has 1 amide bonds. The molecule has 1 fully saturated rings. The monoisotopic (exact) mass is 603 g/mol. The summed E-state index contributed by atoms with van der Waals surface area (Å²) >= 11 is 0. The van der Waals surface area contributed by atoms with Crippen molar-refractivity contribution >= 4 is 29.2 Å². The molecule has 0 bridgehead atoms. The van der Waals surface area contributed by atoms with Crippen LogP contribution in [0.5, 0.6) is 5.75 Å². The number of halogens is 3. The number of guanidine groups is 1. The van der Waals surface area contributed by atoms with Crippen LogP contribution in [0.1, 0.15) is 59.5 Å². The van der Waals surface area contributed by atoms with Crippen LogP contribution < -0.4 is 20.3 Å². The van der Waals surface area contributed by atoms with E-state index < -0.39 is 12.3 Å². The number of aromatic amines is 1. The summed E-state index contributed by atoms with van der Waals surface area (Å²) in [5, 5.41) is 28.2. The van der Waals surface area contributed by atoms with Gasteiger partial charge in [0.25, 0.3) is 11.9 Å². The maximum absolute atomic E-state index is 12.6. The van der Waals surface area contributed by atoms with Gasteiger partial charge in [-0.25, -0.2) is 0 Å². The topological polar surface area (TPSA) is 144 Å². The van der Waals surface area contributed by atoms with Gasteiger partial charge in [0.2, 0.25) is 12.2 Å². The Kier molecular flexibility index (Phi) is 9.34. The maximum atomic E-state index is 12.6. The number of anilines is 3. The van der Waals surface area contributed by atoms with Crippen LogP contribution in [-0.2, 0) is 6.54 Å². The highest BCUT2D eigenvalue weighted by atomic mass is 19.4. The molecule has 0 radical (unpaired) electrons. The summed E-state index contributed by atoms with van der Waals surface area (Å²) in [7, 11) is 0. The van der Waals surface area contributed by atoms with Crippen molar-refractivity contribution in [3.05, 3.63) is 89.5 Å². The molecule has 11 nitrogen and oxygen atoms in total. The molecule has 1 saturated carbocycles. The number of benzene rings is 3. The third kappa shape index (κ3) is 8.09. The fourth-order valence-electron chi connectivity index (χ4n) is 5.06. The number of carbonyl (C=O) groups is 1. The van der Waals surface area contributed by atoms with E-state index in [1.54, 1.807) is 29.2 Å². The zero-order valence-corrected chi connectivity index (χ0v) is 23.4. The molecule has 226 valence electrons. The number of hydrogen-bond acceptors (Lipinski definition) is 7. The molecule has 0 aliphatic heterocycles. The number of hydrogen-bond donors (Lipinski definition) is 3. The lowest BCUT2D eigenvalue weighted by Gasteiger charge is -2.28. The Labute approximate surface area is 250 Å². The van der Waals surface area contributed by atoms with Gasteiger partial charge in [-0.05, 0) is 83.6 Å². The second-order valence-electron chi connectivity index (χ2n) is 10.1. The summed E-state index contributed by atoms with van der Waals surface area (Å²) in [4.78, 5) is 18.3. The number of nitriles is 1. The molecule has 44 heavy (non-hydrogen) atoms. The van der Waals surface area contributed by atoms with Crippen LogP contribution in [0.4, 0.5) is 30.5 Å². The molecule has 0 spiro atoms. The number of nitrogens with zero attached hydrogens (tertiary/aromatic N) is 6. The van der Waals surface area contributed by atoms with E-state index in [0.717, 1.165) is 24.1 Å². The molecule has 0 unspecified atom stereocenters. The van der Waals surface area contributed by atoms with Crippen molar-refractivity contribution in [1.82, 2.24) is 20.6 Å². The summed E-state index contributed by atoms with van der Waals surface area (Å²) in [6.07, 6.45) is 2.95. The van der Waals surface area contributed by atoms with Gasteiger partial charge in [-0.15, -0.1) is 23.3 Å². The highest BCUT2D eigenvalue weighted by Crippen LogP contribution is 2.34. The Morgan fingerprint density at radius 3 is 2.32 bits per heavy atom. The number of ether oxygens (including phenoxy) is 1. The highest BCUT2D eigenvalue weighted by molar-refractivity contribution is 6.06. The van der Waals surface area contributed by atoms with Gasteiger partial charge in [-0.2, -0.15) is 10.5 Å². The van der Waals surface area contributed by atoms with Gasteiger partial charge in [0.1, 0.15) is 5.75 Å². The lowest BCUT2D eigenvalue weighted by atomic mass is 9.84. The van der Waals surface area contributed by atoms with E-state index in [1.165, 1.54) is 49.1 Å². The van der Waals surface area contributed by atoms with Crippen molar-refractivity contribution in [3.8, 4) is 11.9 Å². The SMILES string of the molecule is N#C/N=C(/Nc1ccc(OC(F)(F)F)cc1)N(Cc1ccc(C(=O)Nc2nn[nH]n2)cc1)c1ccc(C2CCCCC2)cc1. The third-order valence-electron chi connectivity index (χ3n) is 7.16. The third-order valence-corrected chi connectivity index (χ3v) is 7.16. The van der Waals surface area contributed by atoms with Crippen molar-refractivity contribution in [2.75, 3.05) is 15.5 Å². The molecule has 1 aliphatic rings. The first-order valence-corrected chi connectivity index (χ1v) is 13.9. The van der Waals surface area contributed by atoms with Gasteiger partial charge >= 0.3 is 6.36 Å². The van der Waals surface area contributed by atoms with Crippen LogP contribution in [0.3, 0.4) is 0 Å². The van der Waals surface area contributed by atoms with E-state index in [9.17, 15) is 23.2 Å². The standard InChI is InChI=1S/C30H28F3N9O2/c31-30(32,33)44-26-16-12-24(13-17-26)36-29(35-19-34)42(25-14-10-22(11-15-25)21-4-2-1-3-5-21)18-20-6-8-23(9-7-20)27(43)37-28-38-40-41-39-28/h6-17,21H,1-5,18H2,(H,35,36)(H2,37,38,39,40,41,43). The van der Waals surface area contributed by atoms with Gasteiger partial charge in [0.15, 0.2) is 0 Å². The van der Waals surface area contributed by atoms with Crippen molar-refractivity contribution in [1.29, 1.82) is 5.26 Å². The van der Waals surface area contributed by atoms with Crippen LogP contribution in [0.15, 0.2) is 77.8 Å². The number of alkyl halides is 3. The van der Waals surface area contributed by atoms with Gasteiger partial charge in [-0.3, -0.25) is 10.1 Å². The Hall–Kier alpha value is -5.45. The Bertz CT molecular complexity index is 1590. The Morgan fingerprint density at radius 1 is 1.00 bits per heavy atom. The molecule has 3 aromatic carbocycles. The quantitative estimate of drug-likeness (QED) is 0.120. The zero-order valence-electron chi connectivity index (χ0n) is 23.4. The first kappa shape index (κ1) is 30.0. The number of amides is 1. The Balaban J connectivity index is 1.40. The molecule has 1 aromatic heterocycles. The number of rotatable bonds is 8. The lowest BCUT2D eigenvalue weighted by molar-refractivity contribution is -0.274. The fourth-order valence-corrected chi connectivity index (χ4v) is 5.06. The molecule has 3 N–H and O–H groups in total. The van der Waals surface area contributed by atoms with Crippen LogP contribution in [0.2, 0.25) is 0 Å². The number of carbonyl (C=O) groups excluding carboxylic acids is 1. The molecule has 1 heterocycles. The summed E-state index contributed by atoms with van der Waals surface area (Å²) < 4.78 is 41.8. The van der Waals surface area contributed by atoms with E-state index in [1.807, 2.05) is 18.3 Å². The van der Waals surface area contributed by atoms with Crippen LogP contribution in [0.25, 0.3) is 0 Å². The highest BCUT2D eigenvalue weighted by Gasteiger charge is 2.31. The minimum atomic E-state index is -4.81. The Morgan fingerprint density at radius 2 is 1.70 bits per heavy atom. The van der Waals surface area contributed by atoms with E-state index in [0.29, 0.717) is 17.2 Å². The number of tetrazole rings is 1. The van der Waals surface area contributed by atoms with Crippen molar-refractivity contribution in [3.63, 3.8) is 0 Å². The van der Waals surface area contributed by atoms with E-state index in [4.69, 9.17) is 0 Å². The maximum Gasteiger partial charge on any atom is 0.573 e. The number of aliphatic imine (C=N–C) groups is 1. The van der Waals surface area contributed by atoms with Crippen LogP contribution >= 0.6 is 0 Å². The van der Waals surface area contributed by atoms with Crippen molar-refractivity contribution in [2.45, 2.75) is 50.9 Å². The molecule has 5 rings (SSSR count). The van der Waals surface area contributed by atoms with Gasteiger partial charge in [0.05, 0.1) is 6.54 Å². The van der Waals surface area contributed by atoms with Crippen molar-refractivity contribution in [2.24, 2.45) is 4.99 Å². The number of H-pyrrole nitrogens is 1. The predicted molar refractivity (Wildman–Crippen MR) is 157 cm³/mol. The van der Waals surface area contributed by atoms with Crippen LogP contribution in [-0.4, -0.2) is 38.9 Å². The van der Waals surface area contributed by atoms with Crippen molar-refractivity contribution < 1.29 is 22.7 Å². The lowest BCUT2D eigenvalue weighted by Crippen LogP contribution is -2.36. The number of nitrogens with one attached hydrogen (secondary N) is 3. The molecule has 0 saturated heterocycles. The normalized spacial score (nSPS) is 14.0. The first-order chi connectivity index (χ1) is 21.3. The average Bonchev–Trinajstić information content (AvgIpc) is 3.54. The second-order valence-corrected chi connectivity index (χ2v) is 10.1. The van der Waals surface area contributed by atoms with Gasteiger partial charge in [-0.1, -0.05) is 48.6 Å². The van der Waals surface area contributed by atoms with Crippen LogP contribution in [0, 0.1) is 11.5 Å². The molecule has 1 aliphatic carbocycles. The summed E-state index contributed by atoms with van der Waals surface area (Å²) in [5.74, 6) is -0.0928. The largest absolute Gasteiger partial charge is 0.573 e. The van der Waals surface area contributed by atoms with Gasteiger partial charge in [0, 0.05) is 16.9 Å². The summed E-state index contributed by atoms with van der Waals surface area (Å²) in [6, 6.07) is 20.0. The fraction of sp³-hybridized carbons (Fsp3) is 0.267. The average molecular weight is 604 g/mol. The second kappa shape index (κ2) is 13.7. The molecular formula is C30H28F3N9O2. The summed E-state index contributed by atoms with van der Waals surface area (Å²) in [5.41, 5.74) is 3.54. The minimum Gasteiger partial charge on any atom is -0.406 e. The predicted octanol–water partition coefficient (Wildman–Crippen LogP) is 6.35. The zero-order chi connectivity index (χ0) is 30.9. The number of aromatic nitrogens is 4. The minimum absolute atomic E-state index is 0.0448. The van der Waals surface area contributed by atoms with E-state index >= 15 is 0 Å². The van der Waals surface area contributed by atoms with Gasteiger partial charge < -0.3 is 15.0 Å². The molecular weight excluding hydrogens is 575 g/mol. The van der Waals surface area contributed by atoms with E-state index in [-0.39, 0.29) is 24.2 Å². The van der Waals surface area contributed by atoms with E-state index in [2.05, 4.69) is 53.1 Å². The smallest absolute Gasteiger partial charge is 0.406 e. The first-order valence-electron chi connectivity index (χ1n) is 13.9.